The summed E-state index contributed by atoms with van der Waals surface area (Å²) in [7, 11) is 0. The van der Waals surface area contributed by atoms with Crippen molar-refractivity contribution < 1.29 is 13.9 Å². The quantitative estimate of drug-likeness (QED) is 0.800. The summed E-state index contributed by atoms with van der Waals surface area (Å²) in [6, 6.07) is 4.49. The highest BCUT2D eigenvalue weighted by Crippen LogP contribution is 2.29. The normalized spacial score (nSPS) is 23.9. The molecule has 21 heavy (non-hydrogen) atoms. The van der Waals surface area contributed by atoms with Gasteiger partial charge in [0.25, 0.3) is 0 Å². The van der Waals surface area contributed by atoms with E-state index in [1.54, 1.807) is 6.07 Å². The molecule has 0 aliphatic carbocycles. The van der Waals surface area contributed by atoms with Crippen LogP contribution in [0.5, 0.6) is 0 Å². The van der Waals surface area contributed by atoms with E-state index in [2.05, 4.69) is 11.0 Å². The van der Waals surface area contributed by atoms with E-state index < -0.39 is 0 Å². The number of hydrogen-bond acceptors (Lipinski definition) is 3. The SMILES string of the molecule is Fc1ccc([C@H]2CN(CC3=CCCOC3)CCO2)c(Cl)c1. The van der Waals surface area contributed by atoms with Gasteiger partial charge in [0.15, 0.2) is 0 Å². The number of ether oxygens (including phenoxy) is 2. The third-order valence-corrected chi connectivity index (χ3v) is 4.20. The number of benzene rings is 1. The fraction of sp³-hybridized carbons (Fsp3) is 0.500. The Hall–Kier alpha value is -0.940. The van der Waals surface area contributed by atoms with Crippen molar-refractivity contribution >= 4 is 11.6 Å². The van der Waals surface area contributed by atoms with Crippen LogP contribution >= 0.6 is 11.6 Å². The van der Waals surface area contributed by atoms with E-state index in [0.717, 1.165) is 44.8 Å². The van der Waals surface area contributed by atoms with E-state index in [4.69, 9.17) is 21.1 Å². The second kappa shape index (κ2) is 6.88. The molecule has 0 bridgehead atoms. The van der Waals surface area contributed by atoms with Gasteiger partial charge in [0.2, 0.25) is 0 Å². The van der Waals surface area contributed by atoms with Gasteiger partial charge in [0.1, 0.15) is 5.82 Å². The molecule has 0 aromatic heterocycles. The average Bonchev–Trinajstić information content (AvgIpc) is 2.48. The molecule has 5 heteroatoms. The summed E-state index contributed by atoms with van der Waals surface area (Å²) in [6.07, 6.45) is 3.16. The molecule has 0 unspecified atom stereocenters. The highest BCUT2D eigenvalue weighted by molar-refractivity contribution is 6.31. The van der Waals surface area contributed by atoms with Crippen molar-refractivity contribution in [1.29, 1.82) is 0 Å². The van der Waals surface area contributed by atoms with Gasteiger partial charge in [-0.05, 0) is 24.1 Å². The molecule has 1 aromatic rings. The lowest BCUT2D eigenvalue weighted by Gasteiger charge is -2.34. The van der Waals surface area contributed by atoms with Crippen molar-refractivity contribution in [2.24, 2.45) is 0 Å². The fourth-order valence-corrected chi connectivity index (χ4v) is 3.09. The van der Waals surface area contributed by atoms with Crippen molar-refractivity contribution in [3.8, 4) is 0 Å². The van der Waals surface area contributed by atoms with Crippen LogP contribution in [0.15, 0.2) is 29.8 Å². The van der Waals surface area contributed by atoms with E-state index in [-0.39, 0.29) is 11.9 Å². The monoisotopic (exact) mass is 311 g/mol. The number of halogens is 2. The van der Waals surface area contributed by atoms with Crippen molar-refractivity contribution in [3.05, 3.63) is 46.3 Å². The summed E-state index contributed by atoms with van der Waals surface area (Å²) in [5.41, 5.74) is 2.18. The van der Waals surface area contributed by atoms with Gasteiger partial charge in [-0.25, -0.2) is 4.39 Å². The van der Waals surface area contributed by atoms with Gasteiger partial charge in [-0.15, -0.1) is 0 Å². The van der Waals surface area contributed by atoms with Gasteiger partial charge in [-0.3, -0.25) is 4.90 Å². The summed E-state index contributed by atoms with van der Waals surface area (Å²) in [4.78, 5) is 2.34. The predicted molar refractivity (Wildman–Crippen MR) is 80.1 cm³/mol. The van der Waals surface area contributed by atoms with Gasteiger partial charge >= 0.3 is 0 Å². The van der Waals surface area contributed by atoms with Crippen molar-refractivity contribution in [1.82, 2.24) is 4.90 Å². The number of morpholine rings is 1. The predicted octanol–water partition coefficient (Wildman–Crippen LogP) is 3.20. The highest BCUT2D eigenvalue weighted by atomic mass is 35.5. The first-order chi connectivity index (χ1) is 10.2. The Morgan fingerprint density at radius 1 is 1.33 bits per heavy atom. The fourth-order valence-electron chi connectivity index (χ4n) is 2.80. The molecule has 3 nitrogen and oxygen atoms in total. The van der Waals surface area contributed by atoms with Crippen LogP contribution in [0.4, 0.5) is 4.39 Å². The third-order valence-electron chi connectivity index (χ3n) is 3.87. The average molecular weight is 312 g/mol. The number of rotatable bonds is 3. The maximum Gasteiger partial charge on any atom is 0.124 e. The second-order valence-corrected chi connectivity index (χ2v) is 5.87. The Labute approximate surface area is 129 Å². The lowest BCUT2D eigenvalue weighted by Crippen LogP contribution is -2.40. The minimum absolute atomic E-state index is 0.100. The molecular formula is C16H19ClFNO2. The Morgan fingerprint density at radius 3 is 3.00 bits per heavy atom. The maximum absolute atomic E-state index is 13.1. The van der Waals surface area contributed by atoms with Gasteiger partial charge < -0.3 is 9.47 Å². The first-order valence-electron chi connectivity index (χ1n) is 7.27. The molecule has 1 saturated heterocycles. The Balaban J connectivity index is 1.66. The van der Waals surface area contributed by atoms with Crippen molar-refractivity contribution in [2.75, 3.05) is 39.5 Å². The maximum atomic E-state index is 13.1. The standard InChI is InChI=1S/C16H19ClFNO2/c17-15-8-13(18)3-4-14(15)16-10-19(5-7-21-16)9-12-2-1-6-20-11-12/h2-4,8,16H,1,5-7,9-11H2/t16-/m1/s1. The molecule has 1 aromatic carbocycles. The largest absolute Gasteiger partial charge is 0.377 e. The molecular weight excluding hydrogens is 293 g/mol. The van der Waals surface area contributed by atoms with Crippen molar-refractivity contribution in [3.63, 3.8) is 0 Å². The van der Waals surface area contributed by atoms with Crippen LogP contribution < -0.4 is 0 Å². The third kappa shape index (κ3) is 3.83. The molecule has 0 spiro atoms. The van der Waals surface area contributed by atoms with E-state index in [0.29, 0.717) is 11.6 Å². The van der Waals surface area contributed by atoms with Crippen LogP contribution in [-0.4, -0.2) is 44.4 Å². The molecule has 0 saturated carbocycles. The first kappa shape index (κ1) is 15.0. The molecule has 2 aliphatic rings. The summed E-state index contributed by atoms with van der Waals surface area (Å²) in [5, 5.41) is 0.432. The van der Waals surface area contributed by atoms with Gasteiger partial charge in [0, 0.05) is 30.2 Å². The number of hydrogen-bond donors (Lipinski definition) is 0. The zero-order valence-corrected chi connectivity index (χ0v) is 12.6. The van der Waals surface area contributed by atoms with Crippen LogP contribution in [0.25, 0.3) is 0 Å². The molecule has 3 rings (SSSR count). The highest BCUT2D eigenvalue weighted by Gasteiger charge is 2.24. The zero-order chi connectivity index (χ0) is 14.7. The summed E-state index contributed by atoms with van der Waals surface area (Å²) >= 11 is 6.13. The molecule has 0 amide bonds. The number of nitrogens with zero attached hydrogens (tertiary/aromatic N) is 1. The molecule has 114 valence electrons. The topological polar surface area (TPSA) is 21.7 Å². The van der Waals surface area contributed by atoms with Gasteiger partial charge in [0.05, 0.1) is 25.9 Å². The minimum Gasteiger partial charge on any atom is -0.377 e. The molecule has 2 heterocycles. The molecule has 0 radical (unpaired) electrons. The molecule has 0 N–H and O–H groups in total. The van der Waals surface area contributed by atoms with Crippen molar-refractivity contribution in [2.45, 2.75) is 12.5 Å². The van der Waals surface area contributed by atoms with Crippen LogP contribution in [0.3, 0.4) is 0 Å². The molecule has 2 aliphatic heterocycles. The van der Waals surface area contributed by atoms with E-state index >= 15 is 0 Å². The Morgan fingerprint density at radius 2 is 2.24 bits per heavy atom. The first-order valence-corrected chi connectivity index (χ1v) is 7.65. The second-order valence-electron chi connectivity index (χ2n) is 5.46. The summed E-state index contributed by atoms with van der Waals surface area (Å²) < 4.78 is 24.4. The van der Waals surface area contributed by atoms with Gasteiger partial charge in [-0.2, -0.15) is 0 Å². The Kier molecular flexibility index (Phi) is 4.91. The van der Waals surface area contributed by atoms with E-state index in [1.165, 1.54) is 17.7 Å². The van der Waals surface area contributed by atoms with Crippen LogP contribution in [0.1, 0.15) is 18.1 Å². The van der Waals surface area contributed by atoms with E-state index in [1.807, 2.05) is 0 Å². The smallest absolute Gasteiger partial charge is 0.124 e. The van der Waals surface area contributed by atoms with Crippen LogP contribution in [0, 0.1) is 5.82 Å². The molecule has 1 atom stereocenters. The van der Waals surface area contributed by atoms with Crippen LogP contribution in [-0.2, 0) is 9.47 Å². The lowest BCUT2D eigenvalue weighted by atomic mass is 10.1. The zero-order valence-electron chi connectivity index (χ0n) is 11.9. The van der Waals surface area contributed by atoms with Gasteiger partial charge in [-0.1, -0.05) is 23.7 Å². The summed E-state index contributed by atoms with van der Waals surface area (Å²) in [6.45, 7) is 4.76. The lowest BCUT2D eigenvalue weighted by molar-refractivity contribution is -0.0281. The Bertz CT molecular complexity index is 535. The van der Waals surface area contributed by atoms with E-state index in [9.17, 15) is 4.39 Å². The van der Waals surface area contributed by atoms with Crippen LogP contribution in [0.2, 0.25) is 5.02 Å². The summed E-state index contributed by atoms with van der Waals surface area (Å²) in [5.74, 6) is -0.319. The molecule has 1 fully saturated rings. The minimum atomic E-state index is -0.319.